The molecule has 0 spiro atoms. The van der Waals surface area contributed by atoms with Crippen LogP contribution >= 0.6 is 0 Å². The highest BCUT2D eigenvalue weighted by atomic mass is 16.4. The molecule has 1 atom stereocenters. The summed E-state index contributed by atoms with van der Waals surface area (Å²) in [6.45, 7) is 3.79. The molecule has 96 valence electrons. The van der Waals surface area contributed by atoms with E-state index >= 15 is 0 Å². The van der Waals surface area contributed by atoms with Gasteiger partial charge in [0, 0.05) is 5.39 Å². The minimum atomic E-state index is -1.12. The third kappa shape index (κ3) is 2.04. The summed E-state index contributed by atoms with van der Waals surface area (Å²) in [4.78, 5) is 0. The molecule has 3 aromatic rings. The minimum Gasteiger partial charge on any atom is -0.458 e. The molecule has 19 heavy (non-hydrogen) atoms. The Labute approximate surface area is 112 Å². The number of aryl methyl sites for hydroxylation is 1. The Morgan fingerprint density at radius 3 is 2.37 bits per heavy atom. The Bertz CT molecular complexity index is 672. The highest BCUT2D eigenvalue weighted by Gasteiger charge is 2.29. The molecule has 1 heterocycles. The van der Waals surface area contributed by atoms with Gasteiger partial charge in [-0.1, -0.05) is 48.0 Å². The largest absolute Gasteiger partial charge is 0.458 e. The molecule has 0 amide bonds. The predicted octanol–water partition coefficient (Wildman–Crippen LogP) is 4.00. The summed E-state index contributed by atoms with van der Waals surface area (Å²) >= 11 is 0. The van der Waals surface area contributed by atoms with Crippen molar-refractivity contribution < 1.29 is 9.52 Å². The Kier molecular flexibility index (Phi) is 2.68. The van der Waals surface area contributed by atoms with Crippen LogP contribution in [0.15, 0.2) is 59.0 Å². The first-order valence-corrected chi connectivity index (χ1v) is 6.36. The third-order valence-corrected chi connectivity index (χ3v) is 3.52. The van der Waals surface area contributed by atoms with Gasteiger partial charge in [-0.25, -0.2) is 0 Å². The molecule has 2 aromatic carbocycles. The lowest BCUT2D eigenvalue weighted by molar-refractivity contribution is 0.0786. The smallest absolute Gasteiger partial charge is 0.144 e. The molecular weight excluding hydrogens is 236 g/mol. The van der Waals surface area contributed by atoms with E-state index in [2.05, 4.69) is 0 Å². The van der Waals surface area contributed by atoms with E-state index in [1.165, 1.54) is 5.56 Å². The number of aliphatic hydroxyl groups is 1. The number of furan rings is 1. The van der Waals surface area contributed by atoms with Gasteiger partial charge in [-0.3, -0.25) is 0 Å². The minimum absolute atomic E-state index is 0.567. The number of para-hydroxylation sites is 1. The van der Waals surface area contributed by atoms with Crippen LogP contribution in [0.4, 0.5) is 0 Å². The zero-order chi connectivity index (χ0) is 13.5. The topological polar surface area (TPSA) is 33.4 Å². The van der Waals surface area contributed by atoms with Gasteiger partial charge in [0.05, 0.1) is 0 Å². The zero-order valence-electron chi connectivity index (χ0n) is 11.1. The van der Waals surface area contributed by atoms with Gasteiger partial charge < -0.3 is 9.52 Å². The van der Waals surface area contributed by atoms with Gasteiger partial charge in [0.2, 0.25) is 0 Å². The van der Waals surface area contributed by atoms with E-state index in [9.17, 15) is 5.11 Å². The maximum absolute atomic E-state index is 10.8. The van der Waals surface area contributed by atoms with Gasteiger partial charge >= 0.3 is 0 Å². The molecular formula is C17H16O2. The second-order valence-electron chi connectivity index (χ2n) is 5.09. The van der Waals surface area contributed by atoms with Crippen molar-refractivity contribution in [2.24, 2.45) is 0 Å². The quantitative estimate of drug-likeness (QED) is 0.748. The van der Waals surface area contributed by atoms with Gasteiger partial charge in [-0.15, -0.1) is 0 Å². The first-order valence-electron chi connectivity index (χ1n) is 6.36. The molecule has 0 fully saturated rings. The van der Waals surface area contributed by atoms with Gasteiger partial charge in [0.1, 0.15) is 16.9 Å². The van der Waals surface area contributed by atoms with Crippen molar-refractivity contribution in [2.75, 3.05) is 0 Å². The Hall–Kier alpha value is -2.06. The summed E-state index contributed by atoms with van der Waals surface area (Å²) in [7, 11) is 0. The van der Waals surface area contributed by atoms with Crippen molar-refractivity contribution in [3.8, 4) is 0 Å². The third-order valence-electron chi connectivity index (χ3n) is 3.52. The van der Waals surface area contributed by atoms with E-state index in [1.807, 2.05) is 61.5 Å². The molecule has 0 bridgehead atoms. The molecule has 1 N–H and O–H groups in total. The summed E-state index contributed by atoms with van der Waals surface area (Å²) in [6.07, 6.45) is 0. The van der Waals surface area contributed by atoms with Crippen LogP contribution in [0, 0.1) is 6.92 Å². The van der Waals surface area contributed by atoms with Crippen molar-refractivity contribution in [3.05, 3.63) is 71.5 Å². The number of fused-ring (bicyclic) bond motifs is 1. The first kappa shape index (κ1) is 12.0. The second kappa shape index (κ2) is 4.25. The molecule has 2 heteroatoms. The normalized spacial score (nSPS) is 14.5. The van der Waals surface area contributed by atoms with E-state index in [0.717, 1.165) is 16.5 Å². The molecule has 0 aliphatic carbocycles. The molecule has 0 aliphatic heterocycles. The highest BCUT2D eigenvalue weighted by Crippen LogP contribution is 2.33. The number of rotatable bonds is 2. The second-order valence-corrected chi connectivity index (χ2v) is 5.09. The van der Waals surface area contributed by atoms with Crippen LogP contribution in [0.5, 0.6) is 0 Å². The molecule has 3 rings (SSSR count). The summed E-state index contributed by atoms with van der Waals surface area (Å²) in [5.74, 6) is 0.567. The SMILES string of the molecule is Cc1ccc(C(C)(O)c2cc3ccccc3o2)cc1. The highest BCUT2D eigenvalue weighted by molar-refractivity contribution is 5.78. The number of benzene rings is 2. The standard InChI is InChI=1S/C17H16O2/c1-12-7-9-14(10-8-12)17(2,18)16-11-13-5-3-4-6-15(13)19-16/h3-11,18H,1-2H3. The fourth-order valence-electron chi connectivity index (χ4n) is 2.24. The van der Waals surface area contributed by atoms with Crippen LogP contribution in [0.3, 0.4) is 0 Å². The van der Waals surface area contributed by atoms with Gasteiger partial charge in [0.15, 0.2) is 0 Å². The van der Waals surface area contributed by atoms with Crippen LogP contribution in [0.2, 0.25) is 0 Å². The summed E-state index contributed by atoms with van der Waals surface area (Å²) in [5, 5.41) is 11.8. The van der Waals surface area contributed by atoms with Gasteiger partial charge in [-0.05, 0) is 31.5 Å². The average molecular weight is 252 g/mol. The lowest BCUT2D eigenvalue weighted by atomic mass is 9.92. The lowest BCUT2D eigenvalue weighted by Crippen LogP contribution is -2.21. The van der Waals surface area contributed by atoms with Crippen molar-refractivity contribution in [2.45, 2.75) is 19.4 Å². The van der Waals surface area contributed by atoms with Crippen LogP contribution < -0.4 is 0 Å². The summed E-state index contributed by atoms with van der Waals surface area (Å²) in [5.41, 5.74) is 1.68. The molecule has 0 saturated carbocycles. The van der Waals surface area contributed by atoms with Gasteiger partial charge in [0.25, 0.3) is 0 Å². The molecule has 1 aromatic heterocycles. The van der Waals surface area contributed by atoms with E-state index in [4.69, 9.17) is 4.42 Å². The zero-order valence-corrected chi connectivity index (χ0v) is 11.1. The van der Waals surface area contributed by atoms with Crippen molar-refractivity contribution in [1.29, 1.82) is 0 Å². The van der Waals surface area contributed by atoms with Crippen LogP contribution in [0.25, 0.3) is 11.0 Å². The Morgan fingerprint density at radius 2 is 1.68 bits per heavy atom. The molecule has 0 aliphatic rings. The van der Waals surface area contributed by atoms with Gasteiger partial charge in [-0.2, -0.15) is 0 Å². The van der Waals surface area contributed by atoms with E-state index in [-0.39, 0.29) is 0 Å². The Morgan fingerprint density at radius 1 is 1.00 bits per heavy atom. The fraction of sp³-hybridized carbons (Fsp3) is 0.176. The maximum atomic E-state index is 10.8. The van der Waals surface area contributed by atoms with E-state index in [1.54, 1.807) is 6.92 Å². The molecule has 0 radical (unpaired) electrons. The molecule has 1 unspecified atom stereocenters. The lowest BCUT2D eigenvalue weighted by Gasteiger charge is -2.21. The van der Waals surface area contributed by atoms with Crippen molar-refractivity contribution in [3.63, 3.8) is 0 Å². The Balaban J connectivity index is 2.10. The molecule has 2 nitrogen and oxygen atoms in total. The van der Waals surface area contributed by atoms with Crippen LogP contribution in [-0.2, 0) is 5.60 Å². The predicted molar refractivity (Wildman–Crippen MR) is 76.1 cm³/mol. The fourth-order valence-corrected chi connectivity index (χ4v) is 2.24. The number of hydrogen-bond donors (Lipinski definition) is 1. The summed E-state index contributed by atoms with van der Waals surface area (Å²) in [6, 6.07) is 17.5. The number of hydrogen-bond acceptors (Lipinski definition) is 2. The van der Waals surface area contributed by atoms with Crippen LogP contribution in [-0.4, -0.2) is 5.11 Å². The van der Waals surface area contributed by atoms with Crippen molar-refractivity contribution in [1.82, 2.24) is 0 Å². The first-order chi connectivity index (χ1) is 9.07. The van der Waals surface area contributed by atoms with Crippen LogP contribution in [0.1, 0.15) is 23.8 Å². The maximum Gasteiger partial charge on any atom is 0.144 e. The van der Waals surface area contributed by atoms with E-state index < -0.39 is 5.60 Å². The monoisotopic (exact) mass is 252 g/mol. The van der Waals surface area contributed by atoms with Crippen molar-refractivity contribution >= 4 is 11.0 Å². The average Bonchev–Trinajstić information content (AvgIpc) is 2.83. The molecule has 0 saturated heterocycles. The van der Waals surface area contributed by atoms with E-state index in [0.29, 0.717) is 5.76 Å². The summed E-state index contributed by atoms with van der Waals surface area (Å²) < 4.78 is 5.77.